The summed E-state index contributed by atoms with van der Waals surface area (Å²) in [6.45, 7) is 15.0. The lowest BCUT2D eigenvalue weighted by Gasteiger charge is -2.27. The Labute approximate surface area is 101 Å². The van der Waals surface area contributed by atoms with Gasteiger partial charge in [0.15, 0.2) is 0 Å². The molecule has 1 aliphatic carbocycles. The summed E-state index contributed by atoms with van der Waals surface area (Å²) >= 11 is 0. The van der Waals surface area contributed by atoms with E-state index in [1.807, 2.05) is 0 Å². The van der Waals surface area contributed by atoms with Crippen molar-refractivity contribution in [3.8, 4) is 0 Å². The van der Waals surface area contributed by atoms with Crippen molar-refractivity contribution in [1.82, 2.24) is 10.2 Å². The molecule has 0 amide bonds. The molecule has 1 saturated carbocycles. The zero-order chi connectivity index (χ0) is 12.3. The van der Waals surface area contributed by atoms with Crippen LogP contribution in [-0.2, 0) is 0 Å². The lowest BCUT2D eigenvalue weighted by atomic mass is 10.1. The van der Waals surface area contributed by atoms with Crippen molar-refractivity contribution < 1.29 is 0 Å². The maximum absolute atomic E-state index is 4.16. The molecule has 2 heteroatoms. The molecule has 1 aliphatic rings. The van der Waals surface area contributed by atoms with Crippen LogP contribution >= 0.6 is 0 Å². The van der Waals surface area contributed by atoms with E-state index < -0.39 is 0 Å². The first kappa shape index (κ1) is 13.7. The maximum Gasteiger partial charge on any atom is 0.0202 e. The minimum Gasteiger partial charge on any atom is -0.308 e. The molecule has 0 aromatic carbocycles. The van der Waals surface area contributed by atoms with Crippen molar-refractivity contribution in [2.24, 2.45) is 5.92 Å². The molecule has 1 atom stereocenters. The van der Waals surface area contributed by atoms with Crippen LogP contribution < -0.4 is 5.32 Å². The number of hydrogen-bond acceptors (Lipinski definition) is 2. The second-order valence-corrected chi connectivity index (χ2v) is 6.35. The van der Waals surface area contributed by atoms with Gasteiger partial charge in [0.25, 0.3) is 0 Å². The molecule has 0 radical (unpaired) electrons. The maximum atomic E-state index is 4.16. The van der Waals surface area contributed by atoms with Gasteiger partial charge in [-0.25, -0.2) is 0 Å². The van der Waals surface area contributed by atoms with Gasteiger partial charge in [-0.3, -0.25) is 4.90 Å². The summed E-state index contributed by atoms with van der Waals surface area (Å²) in [7, 11) is 2.21. The summed E-state index contributed by atoms with van der Waals surface area (Å²) in [5.74, 6) is 0.938. The average Bonchev–Trinajstić information content (AvgIpc) is 2.95. The van der Waals surface area contributed by atoms with E-state index in [1.165, 1.54) is 18.4 Å². The second kappa shape index (κ2) is 5.33. The molecule has 0 aromatic heterocycles. The normalized spacial score (nSPS) is 18.9. The molecule has 16 heavy (non-hydrogen) atoms. The van der Waals surface area contributed by atoms with Gasteiger partial charge in [0, 0.05) is 24.7 Å². The molecule has 1 rings (SSSR count). The third kappa shape index (κ3) is 5.13. The van der Waals surface area contributed by atoms with Crippen molar-refractivity contribution in [2.75, 3.05) is 20.1 Å². The van der Waals surface area contributed by atoms with E-state index in [4.69, 9.17) is 0 Å². The van der Waals surface area contributed by atoms with E-state index in [0.717, 1.165) is 19.0 Å². The molecule has 0 heterocycles. The summed E-state index contributed by atoms with van der Waals surface area (Å²) in [6.07, 6.45) is 2.83. The van der Waals surface area contributed by atoms with Gasteiger partial charge in [-0.2, -0.15) is 0 Å². The number of rotatable bonds is 6. The Morgan fingerprint density at radius 2 is 2.00 bits per heavy atom. The Hall–Kier alpha value is -0.340. The van der Waals surface area contributed by atoms with Crippen LogP contribution in [0.25, 0.3) is 0 Å². The summed E-state index contributed by atoms with van der Waals surface area (Å²) in [5, 5.41) is 3.48. The largest absolute Gasteiger partial charge is 0.308 e. The van der Waals surface area contributed by atoms with Crippen molar-refractivity contribution >= 4 is 0 Å². The number of nitrogens with zero attached hydrogens (tertiary/aromatic N) is 1. The molecule has 0 saturated heterocycles. The predicted octanol–water partition coefficient (Wildman–Crippen LogP) is 2.66. The molecule has 94 valence electrons. The molecule has 0 aromatic rings. The molecule has 0 bridgehead atoms. The van der Waals surface area contributed by atoms with Crippen LogP contribution in [0.4, 0.5) is 0 Å². The highest BCUT2D eigenvalue weighted by atomic mass is 15.1. The summed E-state index contributed by atoms with van der Waals surface area (Å²) in [6, 6.07) is 0.714. The molecule has 1 fully saturated rings. The van der Waals surface area contributed by atoms with Crippen molar-refractivity contribution in [3.63, 3.8) is 0 Å². The first-order valence-electron chi connectivity index (χ1n) is 6.41. The first-order valence-corrected chi connectivity index (χ1v) is 6.41. The van der Waals surface area contributed by atoms with Gasteiger partial charge in [-0.15, -0.1) is 0 Å². The van der Waals surface area contributed by atoms with E-state index in [-0.39, 0.29) is 5.54 Å². The highest BCUT2D eigenvalue weighted by molar-refractivity contribution is 5.02. The lowest BCUT2D eigenvalue weighted by Crippen LogP contribution is -2.39. The fraction of sp³-hybridized carbons (Fsp3) is 0.857. The lowest BCUT2D eigenvalue weighted by molar-refractivity contribution is 0.250. The monoisotopic (exact) mass is 224 g/mol. The van der Waals surface area contributed by atoms with Crippen LogP contribution in [-0.4, -0.2) is 36.6 Å². The molecule has 0 aliphatic heterocycles. The van der Waals surface area contributed by atoms with E-state index in [0.29, 0.717) is 6.04 Å². The third-order valence-electron chi connectivity index (χ3n) is 3.34. The highest BCUT2D eigenvalue weighted by Gasteiger charge is 2.30. The van der Waals surface area contributed by atoms with Crippen LogP contribution in [0.15, 0.2) is 12.2 Å². The first-order chi connectivity index (χ1) is 7.29. The topological polar surface area (TPSA) is 15.3 Å². The zero-order valence-electron chi connectivity index (χ0n) is 11.6. The number of hydrogen-bond donors (Lipinski definition) is 1. The quantitative estimate of drug-likeness (QED) is 0.698. The average molecular weight is 224 g/mol. The fourth-order valence-corrected chi connectivity index (χ4v) is 1.88. The van der Waals surface area contributed by atoms with Gasteiger partial charge >= 0.3 is 0 Å². The zero-order valence-corrected chi connectivity index (χ0v) is 11.6. The Balaban J connectivity index is 2.22. The standard InChI is InChI=1S/C14H28N2/c1-11(9-15-14(3,4)5)10-16(6)12(2)13-7-8-13/h12-13,15H,1,7-10H2,2-6H3. The molecule has 1 unspecified atom stereocenters. The van der Waals surface area contributed by atoms with Crippen LogP contribution in [0.1, 0.15) is 40.5 Å². The predicted molar refractivity (Wildman–Crippen MR) is 71.7 cm³/mol. The van der Waals surface area contributed by atoms with Crippen molar-refractivity contribution in [3.05, 3.63) is 12.2 Å². The molecule has 2 nitrogen and oxygen atoms in total. The minimum atomic E-state index is 0.184. The van der Waals surface area contributed by atoms with Gasteiger partial charge in [-0.1, -0.05) is 6.58 Å². The Bertz CT molecular complexity index is 236. The van der Waals surface area contributed by atoms with Gasteiger partial charge < -0.3 is 5.32 Å². The molecule has 0 spiro atoms. The highest BCUT2D eigenvalue weighted by Crippen LogP contribution is 2.34. The van der Waals surface area contributed by atoms with E-state index >= 15 is 0 Å². The molecular weight excluding hydrogens is 196 g/mol. The van der Waals surface area contributed by atoms with Gasteiger partial charge in [-0.05, 0) is 59.1 Å². The summed E-state index contributed by atoms with van der Waals surface area (Å²) < 4.78 is 0. The molecular formula is C14H28N2. The smallest absolute Gasteiger partial charge is 0.0202 e. The summed E-state index contributed by atoms with van der Waals surface area (Å²) in [5.41, 5.74) is 1.47. The van der Waals surface area contributed by atoms with E-state index in [1.54, 1.807) is 0 Å². The van der Waals surface area contributed by atoms with Gasteiger partial charge in [0.05, 0.1) is 0 Å². The number of nitrogens with one attached hydrogen (secondary N) is 1. The Kier molecular flexibility index (Phi) is 4.57. The third-order valence-corrected chi connectivity index (χ3v) is 3.34. The van der Waals surface area contributed by atoms with E-state index in [2.05, 4.69) is 51.5 Å². The van der Waals surface area contributed by atoms with Crippen LogP contribution in [0.5, 0.6) is 0 Å². The van der Waals surface area contributed by atoms with Crippen molar-refractivity contribution in [1.29, 1.82) is 0 Å². The molecule has 1 N–H and O–H groups in total. The Morgan fingerprint density at radius 3 is 2.44 bits per heavy atom. The second-order valence-electron chi connectivity index (χ2n) is 6.35. The van der Waals surface area contributed by atoms with Crippen molar-refractivity contribution in [2.45, 2.75) is 52.1 Å². The van der Waals surface area contributed by atoms with Gasteiger partial charge in [0.1, 0.15) is 0 Å². The van der Waals surface area contributed by atoms with Gasteiger partial charge in [0.2, 0.25) is 0 Å². The number of likely N-dealkylation sites (N-methyl/N-ethyl adjacent to an activating group) is 1. The Morgan fingerprint density at radius 1 is 1.44 bits per heavy atom. The van der Waals surface area contributed by atoms with E-state index in [9.17, 15) is 0 Å². The SMILES string of the molecule is C=C(CNC(C)(C)C)CN(C)C(C)C1CC1. The fourth-order valence-electron chi connectivity index (χ4n) is 1.88. The van der Waals surface area contributed by atoms with Crippen LogP contribution in [0.3, 0.4) is 0 Å². The summed E-state index contributed by atoms with van der Waals surface area (Å²) in [4.78, 5) is 2.43. The van der Waals surface area contributed by atoms with Crippen LogP contribution in [0, 0.1) is 5.92 Å². The minimum absolute atomic E-state index is 0.184. The van der Waals surface area contributed by atoms with Crippen LogP contribution in [0.2, 0.25) is 0 Å².